The molecule has 0 heterocycles. The Morgan fingerprint density at radius 3 is 2.56 bits per heavy atom. The summed E-state index contributed by atoms with van der Waals surface area (Å²) in [7, 11) is 2.79. The summed E-state index contributed by atoms with van der Waals surface area (Å²) in [6.07, 6.45) is 0. The number of carbonyl (C=O) groups is 1. The van der Waals surface area contributed by atoms with Gasteiger partial charge in [0.25, 0.3) is 0 Å². The SMILES string of the molecule is CCOc1cc(C(=O)OC)cc(Cl)c1OC. The predicted octanol–water partition coefficient (Wildman–Crippen LogP) is 2.53. The minimum absolute atomic E-state index is 0.314. The van der Waals surface area contributed by atoms with E-state index in [-0.39, 0.29) is 0 Å². The van der Waals surface area contributed by atoms with E-state index in [1.54, 1.807) is 6.07 Å². The minimum Gasteiger partial charge on any atom is -0.491 e. The fraction of sp³-hybridized carbons (Fsp3) is 0.364. The van der Waals surface area contributed by atoms with E-state index in [2.05, 4.69) is 4.74 Å². The highest BCUT2D eigenvalue weighted by Crippen LogP contribution is 2.36. The Morgan fingerprint density at radius 1 is 1.38 bits per heavy atom. The molecule has 0 amide bonds. The standard InChI is InChI=1S/C11H13ClO4/c1-4-16-9-6-7(11(13)15-3)5-8(12)10(9)14-2/h5-6H,4H2,1-3H3. The van der Waals surface area contributed by atoms with Crippen molar-refractivity contribution in [1.82, 2.24) is 0 Å². The molecule has 1 rings (SSSR count). The average molecular weight is 245 g/mol. The molecule has 0 radical (unpaired) electrons. The second-order valence-electron chi connectivity index (χ2n) is 2.91. The monoisotopic (exact) mass is 244 g/mol. The molecule has 0 aromatic heterocycles. The first-order valence-corrected chi connectivity index (χ1v) is 5.10. The lowest BCUT2D eigenvalue weighted by Crippen LogP contribution is -2.03. The van der Waals surface area contributed by atoms with Crippen LogP contribution in [-0.4, -0.2) is 26.8 Å². The van der Waals surface area contributed by atoms with Crippen LogP contribution < -0.4 is 9.47 Å². The average Bonchev–Trinajstić information content (AvgIpc) is 2.28. The van der Waals surface area contributed by atoms with Crippen molar-refractivity contribution in [3.8, 4) is 11.5 Å². The van der Waals surface area contributed by atoms with Crippen molar-refractivity contribution in [2.24, 2.45) is 0 Å². The van der Waals surface area contributed by atoms with Crippen LogP contribution in [0.4, 0.5) is 0 Å². The molecule has 0 saturated carbocycles. The molecule has 0 spiro atoms. The number of ether oxygens (including phenoxy) is 3. The van der Waals surface area contributed by atoms with Crippen LogP contribution in [0.25, 0.3) is 0 Å². The van der Waals surface area contributed by atoms with Crippen LogP contribution in [0.2, 0.25) is 5.02 Å². The van der Waals surface area contributed by atoms with Gasteiger partial charge in [-0.1, -0.05) is 11.6 Å². The van der Waals surface area contributed by atoms with Crippen molar-refractivity contribution in [2.75, 3.05) is 20.8 Å². The van der Waals surface area contributed by atoms with Crippen molar-refractivity contribution >= 4 is 17.6 Å². The van der Waals surface area contributed by atoms with Crippen molar-refractivity contribution < 1.29 is 19.0 Å². The molecule has 1 aromatic rings. The Hall–Kier alpha value is -1.42. The largest absolute Gasteiger partial charge is 0.491 e. The Bertz CT molecular complexity index is 390. The van der Waals surface area contributed by atoms with Crippen LogP contribution in [0, 0.1) is 0 Å². The van der Waals surface area contributed by atoms with Gasteiger partial charge in [-0.3, -0.25) is 0 Å². The first-order chi connectivity index (χ1) is 7.63. The number of esters is 1. The van der Waals surface area contributed by atoms with Crippen molar-refractivity contribution in [1.29, 1.82) is 0 Å². The van der Waals surface area contributed by atoms with Gasteiger partial charge in [0.1, 0.15) is 0 Å². The summed E-state index contributed by atoms with van der Waals surface area (Å²) in [6.45, 7) is 2.29. The lowest BCUT2D eigenvalue weighted by atomic mass is 10.2. The van der Waals surface area contributed by atoms with Gasteiger partial charge < -0.3 is 14.2 Å². The van der Waals surface area contributed by atoms with Gasteiger partial charge >= 0.3 is 5.97 Å². The lowest BCUT2D eigenvalue weighted by molar-refractivity contribution is 0.0600. The third-order valence-electron chi connectivity index (χ3n) is 1.93. The number of hydrogen-bond donors (Lipinski definition) is 0. The van der Waals surface area contributed by atoms with Crippen molar-refractivity contribution in [2.45, 2.75) is 6.92 Å². The quantitative estimate of drug-likeness (QED) is 0.764. The van der Waals surface area contributed by atoms with E-state index in [1.165, 1.54) is 20.3 Å². The maximum atomic E-state index is 11.3. The van der Waals surface area contributed by atoms with Crippen LogP contribution in [0.15, 0.2) is 12.1 Å². The Morgan fingerprint density at radius 2 is 2.06 bits per heavy atom. The van der Waals surface area contributed by atoms with Crippen LogP contribution in [0.5, 0.6) is 11.5 Å². The Kier molecular flexibility index (Phi) is 4.43. The van der Waals surface area contributed by atoms with Crippen LogP contribution in [0.1, 0.15) is 17.3 Å². The number of halogens is 1. The first-order valence-electron chi connectivity index (χ1n) is 4.72. The van der Waals surface area contributed by atoms with E-state index in [1.807, 2.05) is 6.92 Å². The molecule has 88 valence electrons. The number of methoxy groups -OCH3 is 2. The summed E-state index contributed by atoms with van der Waals surface area (Å²) in [6, 6.07) is 3.02. The molecule has 0 unspecified atom stereocenters. The molecule has 0 bridgehead atoms. The Labute approximate surface area is 99.1 Å². The molecule has 5 heteroatoms. The van der Waals surface area contributed by atoms with Gasteiger partial charge in [0, 0.05) is 0 Å². The van der Waals surface area contributed by atoms with Crippen LogP contribution >= 0.6 is 11.6 Å². The molecular formula is C11H13ClO4. The van der Waals surface area contributed by atoms with Crippen molar-refractivity contribution in [3.63, 3.8) is 0 Å². The van der Waals surface area contributed by atoms with E-state index in [0.29, 0.717) is 28.7 Å². The van der Waals surface area contributed by atoms with Gasteiger partial charge in [0.05, 0.1) is 31.4 Å². The van der Waals surface area contributed by atoms with Gasteiger partial charge in [-0.15, -0.1) is 0 Å². The normalized spacial score (nSPS) is 9.75. The summed E-state index contributed by atoms with van der Waals surface area (Å²) in [4.78, 5) is 11.3. The first kappa shape index (κ1) is 12.6. The van der Waals surface area contributed by atoms with Crippen molar-refractivity contribution in [3.05, 3.63) is 22.7 Å². The molecule has 0 aliphatic rings. The molecular weight excluding hydrogens is 232 g/mol. The smallest absolute Gasteiger partial charge is 0.338 e. The van der Waals surface area contributed by atoms with Gasteiger partial charge in [-0.25, -0.2) is 4.79 Å². The predicted molar refractivity (Wildman–Crippen MR) is 60.5 cm³/mol. The molecule has 4 nitrogen and oxygen atoms in total. The van der Waals surface area contributed by atoms with Crippen LogP contribution in [0.3, 0.4) is 0 Å². The zero-order chi connectivity index (χ0) is 12.1. The summed E-state index contributed by atoms with van der Waals surface area (Å²) in [5.41, 5.74) is 0.330. The zero-order valence-electron chi connectivity index (χ0n) is 9.37. The van der Waals surface area contributed by atoms with Gasteiger partial charge in [0.2, 0.25) is 0 Å². The van der Waals surface area contributed by atoms with Gasteiger partial charge in [-0.2, -0.15) is 0 Å². The number of carbonyl (C=O) groups excluding carboxylic acids is 1. The highest BCUT2D eigenvalue weighted by Gasteiger charge is 2.15. The Balaban J connectivity index is 3.22. The number of hydrogen-bond acceptors (Lipinski definition) is 4. The fourth-order valence-electron chi connectivity index (χ4n) is 1.26. The van der Waals surface area contributed by atoms with E-state index >= 15 is 0 Å². The lowest BCUT2D eigenvalue weighted by Gasteiger charge is -2.12. The van der Waals surface area contributed by atoms with E-state index < -0.39 is 5.97 Å². The second kappa shape index (κ2) is 5.61. The summed E-state index contributed by atoms with van der Waals surface area (Å²) < 4.78 is 15.0. The highest BCUT2D eigenvalue weighted by molar-refractivity contribution is 6.32. The van der Waals surface area contributed by atoms with Crippen LogP contribution in [-0.2, 0) is 4.74 Å². The number of benzene rings is 1. The zero-order valence-corrected chi connectivity index (χ0v) is 10.1. The van der Waals surface area contributed by atoms with E-state index in [9.17, 15) is 4.79 Å². The molecule has 1 aromatic carbocycles. The van der Waals surface area contributed by atoms with Gasteiger partial charge in [0.15, 0.2) is 11.5 Å². The molecule has 0 atom stereocenters. The molecule has 16 heavy (non-hydrogen) atoms. The maximum absolute atomic E-state index is 11.3. The number of rotatable bonds is 4. The fourth-order valence-corrected chi connectivity index (χ4v) is 1.55. The molecule has 0 aliphatic carbocycles. The van der Waals surface area contributed by atoms with Gasteiger partial charge in [-0.05, 0) is 19.1 Å². The molecule has 0 fully saturated rings. The maximum Gasteiger partial charge on any atom is 0.338 e. The third-order valence-corrected chi connectivity index (χ3v) is 2.22. The molecule has 0 N–H and O–H groups in total. The molecule has 0 saturated heterocycles. The summed E-state index contributed by atoms with van der Waals surface area (Å²) >= 11 is 5.96. The van der Waals surface area contributed by atoms with E-state index in [4.69, 9.17) is 21.1 Å². The third kappa shape index (κ3) is 2.58. The molecule has 0 aliphatic heterocycles. The highest BCUT2D eigenvalue weighted by atomic mass is 35.5. The topological polar surface area (TPSA) is 44.8 Å². The second-order valence-corrected chi connectivity index (χ2v) is 3.32. The summed E-state index contributed by atoms with van der Waals surface area (Å²) in [5.74, 6) is 0.375. The van der Waals surface area contributed by atoms with E-state index in [0.717, 1.165) is 0 Å². The minimum atomic E-state index is -0.467. The summed E-state index contributed by atoms with van der Waals surface area (Å²) in [5, 5.41) is 0.314.